The number of Topliss-reactive ketones (excluding diaryl/α,β-unsaturated/α-hetero) is 1. The number of halogens is 1. The first-order chi connectivity index (χ1) is 6.70. The highest BCUT2D eigenvalue weighted by Crippen LogP contribution is 2.29. The Bertz CT molecular complexity index is 423. The molecule has 0 N–H and O–H groups in total. The van der Waals surface area contributed by atoms with Crippen LogP contribution in [0.1, 0.15) is 30.1 Å². The molecule has 1 heterocycles. The van der Waals surface area contributed by atoms with Gasteiger partial charge in [0.25, 0.3) is 0 Å². The largest absolute Gasteiger partial charge is 0.294 e. The van der Waals surface area contributed by atoms with Crippen molar-refractivity contribution in [1.82, 2.24) is 0 Å². The molecule has 1 aliphatic rings. The van der Waals surface area contributed by atoms with E-state index in [1.807, 2.05) is 6.92 Å². The number of ketones is 1. The number of carbonyl (C=O) groups excluding carboxylic acids is 1. The van der Waals surface area contributed by atoms with E-state index in [1.54, 1.807) is 18.2 Å². The lowest BCUT2D eigenvalue weighted by atomic mass is 9.99. The molecule has 0 bridgehead atoms. The van der Waals surface area contributed by atoms with Crippen LogP contribution >= 0.6 is 11.6 Å². The van der Waals surface area contributed by atoms with Gasteiger partial charge in [-0.1, -0.05) is 18.5 Å². The monoisotopic (exact) mass is 207 g/mol. The molecule has 1 aliphatic heterocycles. The third kappa shape index (κ3) is 1.58. The number of aliphatic imine (C=N–C) groups is 1. The van der Waals surface area contributed by atoms with Crippen LogP contribution in [-0.4, -0.2) is 11.5 Å². The van der Waals surface area contributed by atoms with Crippen molar-refractivity contribution in [2.75, 3.05) is 0 Å². The quantitative estimate of drug-likeness (QED) is 0.694. The van der Waals surface area contributed by atoms with E-state index in [1.165, 1.54) is 0 Å². The summed E-state index contributed by atoms with van der Waals surface area (Å²) in [6, 6.07) is 5.21. The van der Waals surface area contributed by atoms with Crippen molar-refractivity contribution in [3.05, 3.63) is 28.8 Å². The number of carbonyl (C=O) groups is 1. The lowest BCUT2D eigenvalue weighted by molar-refractivity contribution is 0.0999. The van der Waals surface area contributed by atoms with Gasteiger partial charge in [0, 0.05) is 22.7 Å². The third-order valence-corrected chi connectivity index (χ3v) is 2.55. The minimum atomic E-state index is 0.142. The molecule has 0 amide bonds. The standard InChI is InChI=1S/C11H10ClNO/c1-2-8-6-11(14)9-4-3-7(12)5-10(9)13-8/h3-5H,2,6H2,1H3. The maximum Gasteiger partial charge on any atom is 0.170 e. The fourth-order valence-corrected chi connectivity index (χ4v) is 1.69. The molecule has 2 nitrogen and oxygen atoms in total. The van der Waals surface area contributed by atoms with Gasteiger partial charge in [-0.05, 0) is 24.6 Å². The normalized spacial score (nSPS) is 15.0. The van der Waals surface area contributed by atoms with Crippen LogP contribution in [0.3, 0.4) is 0 Å². The molecule has 3 heteroatoms. The summed E-state index contributed by atoms with van der Waals surface area (Å²) in [5.41, 5.74) is 2.34. The number of nitrogens with zero attached hydrogens (tertiary/aromatic N) is 1. The highest BCUT2D eigenvalue weighted by atomic mass is 35.5. The van der Waals surface area contributed by atoms with Gasteiger partial charge in [0.15, 0.2) is 5.78 Å². The summed E-state index contributed by atoms with van der Waals surface area (Å²) in [5.74, 6) is 0.142. The van der Waals surface area contributed by atoms with Crippen LogP contribution in [0.2, 0.25) is 5.02 Å². The van der Waals surface area contributed by atoms with Gasteiger partial charge in [-0.25, -0.2) is 0 Å². The fraction of sp³-hybridized carbons (Fsp3) is 0.273. The molecule has 0 saturated heterocycles. The molecule has 1 aromatic rings. The van der Waals surface area contributed by atoms with Crippen molar-refractivity contribution in [3.8, 4) is 0 Å². The minimum absolute atomic E-state index is 0.142. The molecule has 1 aromatic carbocycles. The van der Waals surface area contributed by atoms with Crippen LogP contribution in [0.25, 0.3) is 0 Å². The Morgan fingerprint density at radius 2 is 2.29 bits per heavy atom. The van der Waals surface area contributed by atoms with Gasteiger partial charge in [0.2, 0.25) is 0 Å². The summed E-state index contributed by atoms with van der Waals surface area (Å²) in [6.07, 6.45) is 1.27. The Hall–Kier alpha value is -1.15. The Labute approximate surface area is 87.6 Å². The summed E-state index contributed by atoms with van der Waals surface area (Å²) in [4.78, 5) is 16.0. The minimum Gasteiger partial charge on any atom is -0.294 e. The van der Waals surface area contributed by atoms with Gasteiger partial charge in [0.1, 0.15) is 0 Å². The van der Waals surface area contributed by atoms with E-state index < -0.39 is 0 Å². The zero-order chi connectivity index (χ0) is 10.1. The second kappa shape index (κ2) is 3.54. The van der Waals surface area contributed by atoms with Crippen LogP contribution in [-0.2, 0) is 0 Å². The van der Waals surface area contributed by atoms with Crippen molar-refractivity contribution in [1.29, 1.82) is 0 Å². The topological polar surface area (TPSA) is 29.4 Å². The van der Waals surface area contributed by atoms with E-state index in [0.717, 1.165) is 12.1 Å². The van der Waals surface area contributed by atoms with Gasteiger partial charge in [-0.3, -0.25) is 9.79 Å². The van der Waals surface area contributed by atoms with Crippen molar-refractivity contribution in [3.63, 3.8) is 0 Å². The third-order valence-electron chi connectivity index (χ3n) is 2.31. The highest BCUT2D eigenvalue weighted by molar-refractivity contribution is 6.31. The second-order valence-corrected chi connectivity index (χ2v) is 3.73. The molecule has 0 unspecified atom stereocenters. The zero-order valence-electron chi connectivity index (χ0n) is 7.88. The second-order valence-electron chi connectivity index (χ2n) is 3.29. The maximum atomic E-state index is 11.6. The number of benzene rings is 1. The SMILES string of the molecule is CCC1=Nc2cc(Cl)ccc2C(=O)C1. The lowest BCUT2D eigenvalue weighted by Gasteiger charge is -2.13. The summed E-state index contributed by atoms with van der Waals surface area (Å²) in [7, 11) is 0. The maximum absolute atomic E-state index is 11.6. The number of rotatable bonds is 1. The van der Waals surface area contributed by atoms with Gasteiger partial charge in [-0.15, -0.1) is 0 Å². The van der Waals surface area contributed by atoms with Gasteiger partial charge in [0.05, 0.1) is 5.69 Å². The predicted molar refractivity (Wildman–Crippen MR) is 57.8 cm³/mol. The number of hydrogen-bond donors (Lipinski definition) is 0. The first-order valence-corrected chi connectivity index (χ1v) is 4.97. The van der Waals surface area contributed by atoms with Crippen molar-refractivity contribution in [2.45, 2.75) is 19.8 Å². The van der Waals surface area contributed by atoms with E-state index >= 15 is 0 Å². The van der Waals surface area contributed by atoms with Crippen LogP contribution in [0.15, 0.2) is 23.2 Å². The average molecular weight is 208 g/mol. The van der Waals surface area contributed by atoms with Crippen LogP contribution < -0.4 is 0 Å². The van der Waals surface area contributed by atoms with Crippen molar-refractivity contribution in [2.24, 2.45) is 4.99 Å². The van der Waals surface area contributed by atoms with Crippen LogP contribution in [0.4, 0.5) is 5.69 Å². The van der Waals surface area contributed by atoms with Crippen LogP contribution in [0, 0.1) is 0 Å². The van der Waals surface area contributed by atoms with Crippen molar-refractivity contribution < 1.29 is 4.79 Å². The molecule has 0 spiro atoms. The van der Waals surface area contributed by atoms with E-state index in [-0.39, 0.29) is 5.78 Å². The highest BCUT2D eigenvalue weighted by Gasteiger charge is 2.18. The summed E-state index contributed by atoms with van der Waals surface area (Å²) in [6.45, 7) is 2.00. The van der Waals surface area contributed by atoms with Gasteiger partial charge < -0.3 is 0 Å². The van der Waals surface area contributed by atoms with Gasteiger partial charge >= 0.3 is 0 Å². The lowest BCUT2D eigenvalue weighted by Crippen LogP contribution is -2.12. The average Bonchev–Trinajstić information content (AvgIpc) is 2.16. The number of fused-ring (bicyclic) bond motifs is 1. The molecular weight excluding hydrogens is 198 g/mol. The molecule has 0 atom stereocenters. The van der Waals surface area contributed by atoms with Crippen molar-refractivity contribution >= 4 is 28.8 Å². The molecule has 0 fully saturated rings. The Morgan fingerprint density at radius 3 is 3.00 bits per heavy atom. The molecule has 72 valence electrons. The molecule has 2 rings (SSSR count). The van der Waals surface area contributed by atoms with E-state index in [0.29, 0.717) is 22.7 Å². The molecule has 0 aliphatic carbocycles. The number of hydrogen-bond acceptors (Lipinski definition) is 2. The molecule has 0 radical (unpaired) electrons. The van der Waals surface area contributed by atoms with E-state index in [9.17, 15) is 4.79 Å². The van der Waals surface area contributed by atoms with E-state index in [4.69, 9.17) is 11.6 Å². The predicted octanol–water partition coefficient (Wildman–Crippen LogP) is 3.41. The zero-order valence-corrected chi connectivity index (χ0v) is 8.64. The Morgan fingerprint density at radius 1 is 1.50 bits per heavy atom. The summed E-state index contributed by atoms with van der Waals surface area (Å²) in [5, 5.41) is 0.623. The molecule has 0 aromatic heterocycles. The van der Waals surface area contributed by atoms with Gasteiger partial charge in [-0.2, -0.15) is 0 Å². The summed E-state index contributed by atoms with van der Waals surface area (Å²) >= 11 is 5.83. The Balaban J connectivity index is 2.55. The van der Waals surface area contributed by atoms with Crippen LogP contribution in [0.5, 0.6) is 0 Å². The molecule has 0 saturated carbocycles. The van der Waals surface area contributed by atoms with E-state index in [2.05, 4.69) is 4.99 Å². The fourth-order valence-electron chi connectivity index (χ4n) is 1.53. The first-order valence-electron chi connectivity index (χ1n) is 4.60. The Kier molecular flexibility index (Phi) is 2.38. The summed E-state index contributed by atoms with van der Waals surface area (Å²) < 4.78 is 0. The molecular formula is C11H10ClNO. The first kappa shape index (κ1) is 9.41. The smallest absolute Gasteiger partial charge is 0.170 e. The molecule has 14 heavy (non-hydrogen) atoms.